The molecule has 0 aliphatic heterocycles. The largest absolute Gasteiger partial charge is 0.498 e. The van der Waals surface area contributed by atoms with Crippen molar-refractivity contribution in [1.29, 1.82) is 0 Å². The molecule has 0 N–H and O–H groups in total. The van der Waals surface area contributed by atoms with Crippen molar-refractivity contribution < 1.29 is 28.5 Å². The van der Waals surface area contributed by atoms with Gasteiger partial charge in [0.15, 0.2) is 0 Å². The third kappa shape index (κ3) is 8.48. The van der Waals surface area contributed by atoms with Crippen LogP contribution in [0.2, 0.25) is 0 Å². The Hall–Kier alpha value is -3.80. The predicted molar refractivity (Wildman–Crippen MR) is 113 cm³/mol. The summed E-state index contributed by atoms with van der Waals surface area (Å²) in [5, 5.41) is 0. The first kappa shape index (κ1) is 22.5. The van der Waals surface area contributed by atoms with Gasteiger partial charge in [-0.25, -0.2) is 9.59 Å². The van der Waals surface area contributed by atoms with E-state index in [1.165, 1.54) is 30.5 Å². The molecular formula is C24H24O6. The first-order chi connectivity index (χ1) is 14.7. The highest BCUT2D eigenvalue weighted by Gasteiger charge is 2.11. The molecule has 2 aromatic rings. The lowest BCUT2D eigenvalue weighted by atomic mass is 10.1. The molecule has 0 radical (unpaired) electrons. The van der Waals surface area contributed by atoms with Gasteiger partial charge in [0.05, 0.1) is 17.4 Å². The van der Waals surface area contributed by atoms with Crippen molar-refractivity contribution in [2.45, 2.75) is 0 Å². The molecule has 156 valence electrons. The van der Waals surface area contributed by atoms with Crippen LogP contribution in [0.25, 0.3) is 0 Å². The molecule has 2 rings (SSSR count). The normalized spacial score (nSPS) is 10.7. The number of para-hydroxylation sites is 1. The standard InChI is InChI=1S/C24H24O6/c1-2-3-4-8-15-27-16-17-29-23(25)20-11-13-21(14-12-20)24(26)30-19-18-28-22-9-6-5-7-10-22/h2-15H,1,16-19H2/b4-3-,15-8+. The second-order valence-corrected chi connectivity index (χ2v) is 5.83. The summed E-state index contributed by atoms with van der Waals surface area (Å²) in [6.45, 7) is 4.27. The third-order valence-corrected chi connectivity index (χ3v) is 3.65. The minimum Gasteiger partial charge on any atom is -0.498 e. The lowest BCUT2D eigenvalue weighted by Crippen LogP contribution is -2.13. The van der Waals surface area contributed by atoms with Crippen molar-refractivity contribution >= 4 is 11.9 Å². The van der Waals surface area contributed by atoms with Crippen LogP contribution in [0.4, 0.5) is 0 Å². The summed E-state index contributed by atoms with van der Waals surface area (Å²) in [5.41, 5.74) is 0.677. The average Bonchev–Trinajstić information content (AvgIpc) is 2.79. The van der Waals surface area contributed by atoms with E-state index >= 15 is 0 Å². The number of hydrogen-bond donors (Lipinski definition) is 0. The molecule has 0 saturated heterocycles. The number of ether oxygens (including phenoxy) is 4. The van der Waals surface area contributed by atoms with Gasteiger partial charge in [0.2, 0.25) is 0 Å². The van der Waals surface area contributed by atoms with Gasteiger partial charge < -0.3 is 18.9 Å². The van der Waals surface area contributed by atoms with Gasteiger partial charge in [0.1, 0.15) is 32.2 Å². The van der Waals surface area contributed by atoms with Gasteiger partial charge in [-0.2, -0.15) is 0 Å². The highest BCUT2D eigenvalue weighted by molar-refractivity contribution is 5.93. The Kier molecular flexibility index (Phi) is 10.0. The molecule has 0 aliphatic rings. The second kappa shape index (κ2) is 13.4. The van der Waals surface area contributed by atoms with E-state index < -0.39 is 11.9 Å². The lowest BCUT2D eigenvalue weighted by Gasteiger charge is -2.08. The molecule has 30 heavy (non-hydrogen) atoms. The SMILES string of the molecule is C=C/C=C\C=C\OCCOC(=O)c1ccc(C(=O)OCCOc2ccccc2)cc1. The Labute approximate surface area is 176 Å². The topological polar surface area (TPSA) is 71.1 Å². The summed E-state index contributed by atoms with van der Waals surface area (Å²) >= 11 is 0. The van der Waals surface area contributed by atoms with Gasteiger partial charge in [0.25, 0.3) is 0 Å². The van der Waals surface area contributed by atoms with E-state index in [0.717, 1.165) is 0 Å². The molecule has 0 saturated carbocycles. The van der Waals surface area contributed by atoms with Crippen LogP contribution in [0.5, 0.6) is 5.75 Å². The van der Waals surface area contributed by atoms with E-state index in [-0.39, 0.29) is 26.4 Å². The Bertz CT molecular complexity index is 853. The Morgan fingerprint density at radius 2 is 1.33 bits per heavy atom. The van der Waals surface area contributed by atoms with Gasteiger partial charge in [-0.05, 0) is 42.5 Å². The summed E-state index contributed by atoms with van der Waals surface area (Å²) < 4.78 is 20.9. The maximum Gasteiger partial charge on any atom is 0.338 e. The van der Waals surface area contributed by atoms with E-state index in [4.69, 9.17) is 18.9 Å². The molecule has 0 spiro atoms. The van der Waals surface area contributed by atoms with Crippen LogP contribution in [-0.4, -0.2) is 38.4 Å². The van der Waals surface area contributed by atoms with Gasteiger partial charge >= 0.3 is 11.9 Å². The van der Waals surface area contributed by atoms with E-state index in [1.54, 1.807) is 24.3 Å². The van der Waals surface area contributed by atoms with Crippen molar-refractivity contribution in [3.05, 3.63) is 103 Å². The third-order valence-electron chi connectivity index (χ3n) is 3.65. The van der Waals surface area contributed by atoms with Crippen LogP contribution in [0.15, 0.2) is 91.7 Å². The maximum absolute atomic E-state index is 12.0. The summed E-state index contributed by atoms with van der Waals surface area (Å²) in [6, 6.07) is 15.3. The Balaban J connectivity index is 1.67. The zero-order chi connectivity index (χ0) is 21.4. The predicted octanol–water partition coefficient (Wildman–Crippen LogP) is 4.35. The van der Waals surface area contributed by atoms with E-state index in [9.17, 15) is 9.59 Å². The van der Waals surface area contributed by atoms with Crippen molar-refractivity contribution in [3.8, 4) is 5.75 Å². The highest BCUT2D eigenvalue weighted by Crippen LogP contribution is 2.09. The smallest absolute Gasteiger partial charge is 0.338 e. The lowest BCUT2D eigenvalue weighted by molar-refractivity contribution is 0.0416. The molecule has 6 nitrogen and oxygen atoms in total. The molecule has 0 heterocycles. The fraction of sp³-hybridized carbons (Fsp3) is 0.167. The monoisotopic (exact) mass is 408 g/mol. The van der Waals surface area contributed by atoms with Crippen LogP contribution in [0.1, 0.15) is 20.7 Å². The quantitative estimate of drug-likeness (QED) is 0.225. The molecule has 0 aliphatic carbocycles. The van der Waals surface area contributed by atoms with Crippen molar-refractivity contribution in [2.75, 3.05) is 26.4 Å². The van der Waals surface area contributed by atoms with Crippen molar-refractivity contribution in [2.24, 2.45) is 0 Å². The minimum absolute atomic E-state index is 0.111. The number of allylic oxidation sites excluding steroid dienone is 4. The van der Waals surface area contributed by atoms with Gasteiger partial charge in [0, 0.05) is 0 Å². The highest BCUT2D eigenvalue weighted by atomic mass is 16.6. The zero-order valence-electron chi connectivity index (χ0n) is 16.6. The molecule has 0 bridgehead atoms. The van der Waals surface area contributed by atoms with Crippen LogP contribution in [-0.2, 0) is 14.2 Å². The molecule has 0 fully saturated rings. The number of carbonyl (C=O) groups excluding carboxylic acids is 2. The van der Waals surface area contributed by atoms with Crippen LogP contribution >= 0.6 is 0 Å². The van der Waals surface area contributed by atoms with Crippen molar-refractivity contribution in [1.82, 2.24) is 0 Å². The van der Waals surface area contributed by atoms with Crippen LogP contribution < -0.4 is 4.74 Å². The molecule has 2 aromatic carbocycles. The fourth-order valence-corrected chi connectivity index (χ4v) is 2.21. The van der Waals surface area contributed by atoms with Gasteiger partial charge in [-0.15, -0.1) is 0 Å². The van der Waals surface area contributed by atoms with Crippen molar-refractivity contribution in [3.63, 3.8) is 0 Å². The number of benzene rings is 2. The molecule has 0 amide bonds. The molecular weight excluding hydrogens is 384 g/mol. The fourth-order valence-electron chi connectivity index (χ4n) is 2.21. The van der Waals surface area contributed by atoms with E-state index in [2.05, 4.69) is 6.58 Å². The summed E-state index contributed by atoms with van der Waals surface area (Å²) in [6.07, 6.45) is 8.38. The number of carbonyl (C=O) groups is 2. The van der Waals surface area contributed by atoms with Gasteiger partial charge in [-0.1, -0.05) is 43.0 Å². The van der Waals surface area contributed by atoms with Gasteiger partial charge in [-0.3, -0.25) is 0 Å². The maximum atomic E-state index is 12.0. The summed E-state index contributed by atoms with van der Waals surface area (Å²) in [7, 11) is 0. The first-order valence-electron chi connectivity index (χ1n) is 9.38. The van der Waals surface area contributed by atoms with E-state index in [1.807, 2.05) is 30.3 Å². The molecule has 0 atom stereocenters. The Morgan fingerprint density at radius 3 is 1.93 bits per heavy atom. The summed E-state index contributed by atoms with van der Waals surface area (Å²) in [4.78, 5) is 24.0. The first-order valence-corrected chi connectivity index (χ1v) is 9.38. The zero-order valence-corrected chi connectivity index (χ0v) is 16.6. The number of esters is 2. The summed E-state index contributed by atoms with van der Waals surface area (Å²) in [5.74, 6) is -0.273. The number of hydrogen-bond acceptors (Lipinski definition) is 6. The second-order valence-electron chi connectivity index (χ2n) is 5.83. The molecule has 0 unspecified atom stereocenters. The van der Waals surface area contributed by atoms with E-state index in [0.29, 0.717) is 16.9 Å². The average molecular weight is 408 g/mol. The minimum atomic E-state index is -0.495. The number of rotatable bonds is 12. The van der Waals surface area contributed by atoms with Crippen LogP contribution in [0, 0.1) is 0 Å². The van der Waals surface area contributed by atoms with Crippen LogP contribution in [0.3, 0.4) is 0 Å². The molecule has 0 aromatic heterocycles. The molecule has 6 heteroatoms. The Morgan fingerprint density at radius 1 is 0.733 bits per heavy atom.